The highest BCUT2D eigenvalue weighted by Gasteiger charge is 2.70. The fraction of sp³-hybridized carbons (Fsp3) is 0.963. The first kappa shape index (κ1) is 21.1. The highest BCUT2D eigenvalue weighted by molar-refractivity contribution is 5.87. The van der Waals surface area contributed by atoms with Gasteiger partial charge in [-0.2, -0.15) is 0 Å². The maximum absolute atomic E-state index is 13.1. The molecule has 2 aliphatic heterocycles. The van der Waals surface area contributed by atoms with Gasteiger partial charge in [-0.25, -0.2) is 0 Å². The molecule has 6 aliphatic rings. The van der Waals surface area contributed by atoms with Crippen molar-refractivity contribution in [3.05, 3.63) is 0 Å². The third-order valence-electron chi connectivity index (χ3n) is 11.7. The van der Waals surface area contributed by atoms with Crippen molar-refractivity contribution in [1.82, 2.24) is 0 Å². The van der Waals surface area contributed by atoms with Gasteiger partial charge in [0.15, 0.2) is 5.78 Å². The maximum atomic E-state index is 13.1. The van der Waals surface area contributed by atoms with Crippen LogP contribution in [0, 0.1) is 52.3 Å². The number of carbonyl (C=O) groups is 1. The van der Waals surface area contributed by atoms with Gasteiger partial charge >= 0.3 is 0 Å². The third-order valence-corrected chi connectivity index (χ3v) is 11.7. The number of rotatable bonds is 0. The van der Waals surface area contributed by atoms with Crippen LogP contribution in [-0.4, -0.2) is 35.5 Å². The average molecular weight is 431 g/mol. The summed E-state index contributed by atoms with van der Waals surface area (Å²) in [6.45, 7) is 10.1. The van der Waals surface area contributed by atoms with E-state index in [1.165, 1.54) is 32.1 Å². The molecule has 4 aliphatic carbocycles. The standard InChI is InChI=1S/C27H42O4/c1-15-11-23(29)27(30-14-15)16(2)24-22(31-27)13-21-19-6-5-17-12-18(28)7-9-25(17,3)20(19)8-10-26(21,24)4/h15-22,24,28H,5-14H2,1-4H3/t15-,16+,17+,18+,19-,20+,21+,22+,24+,25+,26+,27+/m1/s1. The van der Waals surface area contributed by atoms with Crippen LogP contribution in [0.2, 0.25) is 0 Å². The second-order valence-corrected chi connectivity index (χ2v) is 13.0. The van der Waals surface area contributed by atoms with Crippen LogP contribution < -0.4 is 0 Å². The van der Waals surface area contributed by atoms with Crippen molar-refractivity contribution >= 4 is 5.78 Å². The lowest BCUT2D eigenvalue weighted by molar-refractivity contribution is -0.252. The first-order valence-electron chi connectivity index (χ1n) is 13.2. The van der Waals surface area contributed by atoms with Crippen LogP contribution in [0.3, 0.4) is 0 Å². The Morgan fingerprint density at radius 2 is 1.74 bits per heavy atom. The Hall–Kier alpha value is -0.450. The Balaban J connectivity index is 1.28. The van der Waals surface area contributed by atoms with E-state index in [0.717, 1.165) is 31.1 Å². The summed E-state index contributed by atoms with van der Waals surface area (Å²) in [6.07, 6.45) is 10.2. The summed E-state index contributed by atoms with van der Waals surface area (Å²) in [7, 11) is 0. The molecular weight excluding hydrogens is 388 g/mol. The summed E-state index contributed by atoms with van der Waals surface area (Å²) < 4.78 is 12.9. The SMILES string of the molecule is C[C@H]1CO[C@@]2(O[C@H]3C[C@H]4[C@@H]5CC[C@H]6C[C@@H](O)CC[C@]6(C)[C@H]5CC[C@]4(C)[C@H]3[C@@H]2C)C(=O)C1. The van der Waals surface area contributed by atoms with Crippen LogP contribution >= 0.6 is 0 Å². The van der Waals surface area contributed by atoms with Crippen molar-refractivity contribution in [1.29, 1.82) is 0 Å². The summed E-state index contributed by atoms with van der Waals surface area (Å²) >= 11 is 0. The minimum absolute atomic E-state index is 0.0736. The predicted octanol–water partition coefficient (Wildman–Crippen LogP) is 4.97. The molecule has 6 rings (SSSR count). The van der Waals surface area contributed by atoms with Crippen LogP contribution in [0.4, 0.5) is 0 Å². The number of hydrogen-bond donors (Lipinski definition) is 1. The first-order chi connectivity index (χ1) is 14.7. The lowest BCUT2D eigenvalue weighted by atomic mass is 9.44. The fourth-order valence-electron chi connectivity index (χ4n) is 10.2. The summed E-state index contributed by atoms with van der Waals surface area (Å²) in [4.78, 5) is 13.1. The molecule has 2 saturated heterocycles. The molecular formula is C27H42O4. The van der Waals surface area contributed by atoms with Gasteiger partial charge in [-0.1, -0.05) is 27.7 Å². The number of ketones is 1. The molecule has 4 nitrogen and oxygen atoms in total. The molecule has 6 fully saturated rings. The molecule has 4 saturated carbocycles. The largest absolute Gasteiger partial charge is 0.393 e. The molecule has 0 bridgehead atoms. The van der Waals surface area contributed by atoms with E-state index in [2.05, 4.69) is 27.7 Å². The summed E-state index contributed by atoms with van der Waals surface area (Å²) in [5.41, 5.74) is 0.673. The molecule has 0 unspecified atom stereocenters. The van der Waals surface area contributed by atoms with Gasteiger partial charge in [0, 0.05) is 12.3 Å². The quantitative estimate of drug-likeness (QED) is 0.589. The smallest absolute Gasteiger partial charge is 0.232 e. The zero-order chi connectivity index (χ0) is 21.8. The highest BCUT2D eigenvalue weighted by Crippen LogP contribution is 2.71. The van der Waals surface area contributed by atoms with Crippen LogP contribution in [-0.2, 0) is 14.3 Å². The van der Waals surface area contributed by atoms with E-state index in [9.17, 15) is 9.90 Å². The zero-order valence-electron chi connectivity index (χ0n) is 19.9. The summed E-state index contributed by atoms with van der Waals surface area (Å²) in [5, 5.41) is 10.3. The summed E-state index contributed by atoms with van der Waals surface area (Å²) in [6, 6.07) is 0. The third kappa shape index (κ3) is 2.68. The molecule has 1 N–H and O–H groups in total. The second kappa shape index (κ2) is 6.79. The summed E-state index contributed by atoms with van der Waals surface area (Å²) in [5.74, 6) is 3.13. The predicted molar refractivity (Wildman–Crippen MR) is 118 cm³/mol. The fourth-order valence-corrected chi connectivity index (χ4v) is 10.2. The first-order valence-corrected chi connectivity index (χ1v) is 13.2. The van der Waals surface area contributed by atoms with Gasteiger partial charge < -0.3 is 14.6 Å². The van der Waals surface area contributed by atoms with Crippen molar-refractivity contribution in [2.24, 2.45) is 52.3 Å². The van der Waals surface area contributed by atoms with Crippen molar-refractivity contribution in [2.45, 2.75) is 103 Å². The maximum Gasteiger partial charge on any atom is 0.232 e. The van der Waals surface area contributed by atoms with Gasteiger partial charge in [0.1, 0.15) is 0 Å². The highest BCUT2D eigenvalue weighted by atomic mass is 16.7. The average Bonchev–Trinajstić information content (AvgIpc) is 3.17. The molecule has 0 aromatic carbocycles. The van der Waals surface area contributed by atoms with E-state index >= 15 is 0 Å². The lowest BCUT2D eigenvalue weighted by Crippen LogP contribution is -2.56. The van der Waals surface area contributed by atoms with E-state index in [4.69, 9.17) is 9.47 Å². The molecule has 0 aromatic heterocycles. The number of carbonyl (C=O) groups excluding carboxylic acids is 1. The van der Waals surface area contributed by atoms with E-state index in [1.54, 1.807) is 0 Å². The van der Waals surface area contributed by atoms with Gasteiger partial charge in [-0.05, 0) is 97.7 Å². The topological polar surface area (TPSA) is 55.8 Å². The second-order valence-electron chi connectivity index (χ2n) is 13.0. The molecule has 0 radical (unpaired) electrons. The minimum atomic E-state index is -0.962. The Morgan fingerprint density at radius 1 is 0.968 bits per heavy atom. The van der Waals surface area contributed by atoms with Crippen LogP contribution in [0.25, 0.3) is 0 Å². The Morgan fingerprint density at radius 3 is 2.52 bits per heavy atom. The lowest BCUT2D eigenvalue weighted by Gasteiger charge is -2.61. The Labute approximate surface area is 187 Å². The van der Waals surface area contributed by atoms with Crippen molar-refractivity contribution in [2.75, 3.05) is 6.61 Å². The van der Waals surface area contributed by atoms with Gasteiger partial charge in [0.05, 0.1) is 18.8 Å². The van der Waals surface area contributed by atoms with Crippen molar-refractivity contribution < 1.29 is 19.4 Å². The Kier molecular flexibility index (Phi) is 4.62. The number of Topliss-reactive ketones (excluding diaryl/α,β-unsaturated/α-hetero) is 1. The molecule has 4 heteroatoms. The van der Waals surface area contributed by atoms with Crippen LogP contribution in [0.15, 0.2) is 0 Å². The van der Waals surface area contributed by atoms with E-state index in [0.29, 0.717) is 42.1 Å². The van der Waals surface area contributed by atoms with Crippen LogP contribution in [0.1, 0.15) is 85.5 Å². The molecule has 174 valence electrons. The molecule has 12 atom stereocenters. The van der Waals surface area contributed by atoms with E-state index < -0.39 is 5.79 Å². The van der Waals surface area contributed by atoms with E-state index in [1.807, 2.05) is 0 Å². The monoisotopic (exact) mass is 430 g/mol. The molecule has 0 aromatic rings. The van der Waals surface area contributed by atoms with Crippen molar-refractivity contribution in [3.63, 3.8) is 0 Å². The van der Waals surface area contributed by atoms with Gasteiger partial charge in [-0.3, -0.25) is 4.79 Å². The Bertz CT molecular complexity index is 766. The molecule has 31 heavy (non-hydrogen) atoms. The molecule has 2 heterocycles. The number of ether oxygens (including phenoxy) is 2. The zero-order valence-corrected chi connectivity index (χ0v) is 19.9. The number of hydrogen-bond acceptors (Lipinski definition) is 4. The molecule has 0 amide bonds. The number of fused-ring (bicyclic) bond motifs is 7. The van der Waals surface area contributed by atoms with Crippen molar-refractivity contribution in [3.8, 4) is 0 Å². The van der Waals surface area contributed by atoms with Gasteiger partial charge in [-0.15, -0.1) is 0 Å². The van der Waals surface area contributed by atoms with Crippen LogP contribution in [0.5, 0.6) is 0 Å². The van der Waals surface area contributed by atoms with E-state index in [-0.39, 0.29) is 29.3 Å². The minimum Gasteiger partial charge on any atom is -0.393 e. The van der Waals surface area contributed by atoms with Gasteiger partial charge in [0.25, 0.3) is 0 Å². The normalized spacial score (nSPS) is 60.9. The van der Waals surface area contributed by atoms with Gasteiger partial charge in [0.2, 0.25) is 5.79 Å². The molecule has 1 spiro atoms. The number of aliphatic hydroxyl groups is 1. The number of aliphatic hydroxyl groups excluding tert-OH is 1.